The van der Waals surface area contributed by atoms with Crippen LogP contribution in [0.15, 0.2) is 18.2 Å². The molecule has 1 atom stereocenters. The second-order valence-electron chi connectivity index (χ2n) is 4.81. The lowest BCUT2D eigenvalue weighted by Crippen LogP contribution is -2.24. The lowest BCUT2D eigenvalue weighted by molar-refractivity contribution is -0.131. The minimum atomic E-state index is -4.43. The first-order valence-electron chi connectivity index (χ1n) is 5.22. The summed E-state index contributed by atoms with van der Waals surface area (Å²) in [6.07, 6.45) is -3.83. The Labute approximate surface area is 103 Å². The van der Waals surface area contributed by atoms with Gasteiger partial charge in [0.25, 0.3) is 0 Å². The van der Waals surface area contributed by atoms with Crippen molar-refractivity contribution < 1.29 is 17.9 Å². The minimum absolute atomic E-state index is 0.0687. The van der Waals surface area contributed by atoms with Gasteiger partial charge in [-0.3, -0.25) is 0 Å². The summed E-state index contributed by atoms with van der Waals surface area (Å²) < 4.78 is 43.0. The van der Waals surface area contributed by atoms with Crippen LogP contribution in [0.1, 0.15) is 30.4 Å². The van der Waals surface area contributed by atoms with Gasteiger partial charge in [0.2, 0.25) is 0 Å². The van der Waals surface area contributed by atoms with Gasteiger partial charge >= 0.3 is 6.18 Å². The predicted molar refractivity (Wildman–Crippen MR) is 59.5 cm³/mol. The van der Waals surface area contributed by atoms with Crippen LogP contribution in [0.5, 0.6) is 5.75 Å². The van der Waals surface area contributed by atoms with Crippen LogP contribution in [0.2, 0.25) is 0 Å². The van der Waals surface area contributed by atoms with Gasteiger partial charge in [0.05, 0.1) is 0 Å². The summed E-state index contributed by atoms with van der Waals surface area (Å²) in [6.45, 7) is 3.79. The number of fused-ring (bicyclic) bond motifs is 1. The number of ether oxygens (including phenoxy) is 1. The van der Waals surface area contributed by atoms with E-state index in [0.29, 0.717) is 12.2 Å². The van der Waals surface area contributed by atoms with E-state index in [4.69, 9.17) is 16.3 Å². The topological polar surface area (TPSA) is 9.23 Å². The van der Waals surface area contributed by atoms with E-state index in [1.54, 1.807) is 6.07 Å². The van der Waals surface area contributed by atoms with Crippen LogP contribution in [0, 0.1) is 0 Å². The summed E-state index contributed by atoms with van der Waals surface area (Å²) in [5.41, 5.74) is 0.489. The summed E-state index contributed by atoms with van der Waals surface area (Å²) in [5.74, 6) is 0.643. The average molecular weight is 265 g/mol. The Kier molecular flexibility index (Phi) is 2.81. The summed E-state index contributed by atoms with van der Waals surface area (Å²) in [6, 6.07) is 4.40. The van der Waals surface area contributed by atoms with Gasteiger partial charge < -0.3 is 4.74 Å². The summed E-state index contributed by atoms with van der Waals surface area (Å²) in [4.78, 5) is 0. The molecule has 1 aromatic rings. The molecule has 0 amide bonds. The fraction of sp³-hybridized carbons (Fsp3) is 0.500. The number of halogens is 4. The van der Waals surface area contributed by atoms with Crippen LogP contribution < -0.4 is 4.74 Å². The Balaban J connectivity index is 2.31. The molecule has 0 spiro atoms. The molecule has 1 aromatic carbocycles. The first-order valence-corrected chi connectivity index (χ1v) is 5.65. The molecule has 2 rings (SSSR count). The van der Waals surface area contributed by atoms with Crippen molar-refractivity contribution in [2.45, 2.75) is 37.4 Å². The maximum absolute atomic E-state index is 12.5. The zero-order valence-corrected chi connectivity index (χ0v) is 10.2. The zero-order valence-electron chi connectivity index (χ0n) is 9.44. The van der Waals surface area contributed by atoms with Gasteiger partial charge in [-0.15, -0.1) is 11.6 Å². The van der Waals surface area contributed by atoms with E-state index >= 15 is 0 Å². The van der Waals surface area contributed by atoms with Crippen LogP contribution >= 0.6 is 11.6 Å². The van der Waals surface area contributed by atoms with Crippen molar-refractivity contribution >= 4 is 11.6 Å². The van der Waals surface area contributed by atoms with Crippen LogP contribution in [-0.2, 0) is 6.42 Å². The predicted octanol–water partition coefficient (Wildman–Crippen LogP) is 4.24. The molecule has 1 heterocycles. The van der Waals surface area contributed by atoms with E-state index in [1.807, 2.05) is 13.8 Å². The van der Waals surface area contributed by atoms with Crippen molar-refractivity contribution in [3.05, 3.63) is 29.3 Å². The quantitative estimate of drug-likeness (QED) is 0.689. The van der Waals surface area contributed by atoms with Gasteiger partial charge in [0, 0.05) is 6.42 Å². The van der Waals surface area contributed by atoms with Gasteiger partial charge in [0.15, 0.2) is 5.38 Å². The first kappa shape index (κ1) is 12.6. The Bertz CT molecular complexity index is 440. The third-order valence-electron chi connectivity index (χ3n) is 2.67. The van der Waals surface area contributed by atoms with Crippen LogP contribution in [0.25, 0.3) is 0 Å². The standard InChI is InChI=1S/C12H12ClF3O/c1-11(2)6-8-5-7(3-4-9(8)17-11)10(13)12(14,15)16/h3-5,10H,6H2,1-2H3. The molecule has 0 saturated carbocycles. The van der Waals surface area contributed by atoms with E-state index in [0.717, 1.165) is 5.56 Å². The number of alkyl halides is 4. The molecular formula is C12H12ClF3O. The molecule has 5 heteroatoms. The lowest BCUT2D eigenvalue weighted by Gasteiger charge is -2.16. The largest absolute Gasteiger partial charge is 0.487 e. The summed E-state index contributed by atoms with van der Waals surface area (Å²) in [5, 5.41) is -1.96. The molecule has 1 aliphatic rings. The average Bonchev–Trinajstić information content (AvgIpc) is 2.47. The third kappa shape index (κ3) is 2.51. The Morgan fingerprint density at radius 2 is 2.00 bits per heavy atom. The number of benzene rings is 1. The molecule has 1 nitrogen and oxygen atoms in total. The van der Waals surface area contributed by atoms with E-state index in [9.17, 15) is 13.2 Å². The maximum Gasteiger partial charge on any atom is 0.408 e. The van der Waals surface area contributed by atoms with E-state index in [-0.39, 0.29) is 11.2 Å². The van der Waals surface area contributed by atoms with Crippen molar-refractivity contribution in [2.75, 3.05) is 0 Å². The molecule has 0 fully saturated rings. The van der Waals surface area contributed by atoms with Crippen molar-refractivity contribution in [1.82, 2.24) is 0 Å². The molecule has 0 aromatic heterocycles. The van der Waals surface area contributed by atoms with Crippen LogP contribution in [0.3, 0.4) is 0 Å². The van der Waals surface area contributed by atoms with E-state index in [1.165, 1.54) is 12.1 Å². The lowest BCUT2D eigenvalue weighted by atomic mass is 9.99. The molecule has 1 unspecified atom stereocenters. The van der Waals surface area contributed by atoms with E-state index < -0.39 is 11.6 Å². The Hall–Kier alpha value is -0.900. The summed E-state index contributed by atoms with van der Waals surface area (Å²) in [7, 11) is 0. The normalized spacial score (nSPS) is 19.6. The van der Waals surface area contributed by atoms with Gasteiger partial charge in [-0.25, -0.2) is 0 Å². The fourth-order valence-corrected chi connectivity index (χ4v) is 2.11. The smallest absolute Gasteiger partial charge is 0.408 e. The van der Waals surface area contributed by atoms with E-state index in [2.05, 4.69) is 0 Å². The highest BCUT2D eigenvalue weighted by atomic mass is 35.5. The third-order valence-corrected chi connectivity index (χ3v) is 3.17. The molecule has 94 valence electrons. The molecular weight excluding hydrogens is 253 g/mol. The van der Waals surface area contributed by atoms with Crippen molar-refractivity contribution in [1.29, 1.82) is 0 Å². The summed E-state index contributed by atoms with van der Waals surface area (Å²) >= 11 is 5.39. The second-order valence-corrected chi connectivity index (χ2v) is 5.25. The minimum Gasteiger partial charge on any atom is -0.487 e. The van der Waals surface area contributed by atoms with Gasteiger partial charge in [-0.2, -0.15) is 13.2 Å². The number of rotatable bonds is 1. The van der Waals surface area contributed by atoms with Crippen LogP contribution in [-0.4, -0.2) is 11.8 Å². The van der Waals surface area contributed by atoms with Crippen LogP contribution in [0.4, 0.5) is 13.2 Å². The second kappa shape index (κ2) is 3.80. The van der Waals surface area contributed by atoms with Gasteiger partial charge in [0.1, 0.15) is 11.4 Å². The molecule has 0 bridgehead atoms. The highest BCUT2D eigenvalue weighted by Gasteiger charge is 2.40. The fourth-order valence-electron chi connectivity index (χ4n) is 1.98. The molecule has 17 heavy (non-hydrogen) atoms. The SMILES string of the molecule is CC1(C)Cc2cc(C(Cl)C(F)(F)F)ccc2O1. The number of hydrogen-bond donors (Lipinski definition) is 0. The molecule has 0 N–H and O–H groups in total. The van der Waals surface area contributed by atoms with Gasteiger partial charge in [-0.05, 0) is 31.0 Å². The Morgan fingerprint density at radius 3 is 2.59 bits per heavy atom. The monoisotopic (exact) mass is 264 g/mol. The first-order chi connectivity index (χ1) is 7.69. The molecule has 1 aliphatic heterocycles. The van der Waals surface area contributed by atoms with Gasteiger partial charge in [-0.1, -0.05) is 12.1 Å². The maximum atomic E-state index is 12.5. The highest BCUT2D eigenvalue weighted by molar-refractivity contribution is 6.21. The Morgan fingerprint density at radius 1 is 1.35 bits per heavy atom. The molecule has 0 radical (unpaired) electrons. The molecule has 0 aliphatic carbocycles. The highest BCUT2D eigenvalue weighted by Crippen LogP contribution is 2.42. The van der Waals surface area contributed by atoms with Crippen molar-refractivity contribution in [3.8, 4) is 5.75 Å². The molecule has 0 saturated heterocycles. The zero-order chi connectivity index (χ0) is 12.8. The van der Waals surface area contributed by atoms with Crippen molar-refractivity contribution in [2.24, 2.45) is 0 Å². The van der Waals surface area contributed by atoms with Crippen molar-refractivity contribution in [3.63, 3.8) is 0 Å². The number of hydrogen-bond acceptors (Lipinski definition) is 1.